The van der Waals surface area contributed by atoms with Crippen LogP contribution in [0.25, 0.3) is 0 Å². The number of carbonyl (C=O) groups is 2. The molecule has 0 spiro atoms. The quantitative estimate of drug-likeness (QED) is 0.636. The van der Waals surface area contributed by atoms with E-state index in [2.05, 4.69) is 5.32 Å². The van der Waals surface area contributed by atoms with Gasteiger partial charge in [-0.2, -0.15) is 0 Å². The van der Waals surface area contributed by atoms with Crippen molar-refractivity contribution in [1.29, 1.82) is 0 Å². The maximum absolute atomic E-state index is 12.0. The summed E-state index contributed by atoms with van der Waals surface area (Å²) in [6.07, 6.45) is 2.11. The number of amides is 1. The van der Waals surface area contributed by atoms with Crippen LogP contribution >= 0.6 is 0 Å². The molecule has 1 aliphatic rings. The number of aromatic hydroxyl groups is 1. The Labute approximate surface area is 123 Å². The molecule has 3 atom stereocenters. The van der Waals surface area contributed by atoms with E-state index in [1.54, 1.807) is 24.3 Å². The van der Waals surface area contributed by atoms with Crippen molar-refractivity contribution in [3.05, 3.63) is 29.8 Å². The predicted molar refractivity (Wildman–Crippen MR) is 76.7 cm³/mol. The largest absolute Gasteiger partial charge is 0.508 e. The van der Waals surface area contributed by atoms with Gasteiger partial charge in [0.05, 0.1) is 12.0 Å². The van der Waals surface area contributed by atoms with Crippen LogP contribution in [0.2, 0.25) is 0 Å². The lowest BCUT2D eigenvalue weighted by molar-refractivity contribution is -0.141. The fourth-order valence-corrected chi connectivity index (χ4v) is 2.62. The molecule has 6 nitrogen and oxygen atoms in total. The lowest BCUT2D eigenvalue weighted by atomic mass is 10.1. The monoisotopic (exact) mass is 292 g/mol. The highest BCUT2D eigenvalue weighted by Crippen LogP contribution is 2.25. The van der Waals surface area contributed by atoms with Crippen molar-refractivity contribution >= 4 is 11.9 Å². The van der Waals surface area contributed by atoms with Gasteiger partial charge in [0.25, 0.3) is 0 Å². The van der Waals surface area contributed by atoms with Crippen LogP contribution in [0.5, 0.6) is 5.75 Å². The Balaban J connectivity index is 1.83. The van der Waals surface area contributed by atoms with Crippen molar-refractivity contribution in [2.24, 2.45) is 11.7 Å². The van der Waals surface area contributed by atoms with Crippen molar-refractivity contribution in [2.75, 3.05) is 0 Å². The third kappa shape index (κ3) is 4.19. The Kier molecular flexibility index (Phi) is 4.80. The number of carboxylic acids is 1. The molecule has 114 valence electrons. The highest BCUT2D eigenvalue weighted by Gasteiger charge is 2.31. The Hall–Kier alpha value is -2.08. The van der Waals surface area contributed by atoms with Crippen LogP contribution < -0.4 is 11.1 Å². The average Bonchev–Trinajstić information content (AvgIpc) is 2.90. The molecule has 0 aliphatic heterocycles. The molecule has 1 aromatic rings. The van der Waals surface area contributed by atoms with E-state index in [1.165, 1.54) is 0 Å². The van der Waals surface area contributed by atoms with Crippen molar-refractivity contribution in [3.63, 3.8) is 0 Å². The second-order valence-corrected chi connectivity index (χ2v) is 5.53. The first-order chi connectivity index (χ1) is 9.95. The summed E-state index contributed by atoms with van der Waals surface area (Å²) in [6, 6.07) is 5.75. The van der Waals surface area contributed by atoms with Gasteiger partial charge in [-0.1, -0.05) is 12.1 Å². The minimum Gasteiger partial charge on any atom is -0.508 e. The molecule has 1 fully saturated rings. The van der Waals surface area contributed by atoms with Gasteiger partial charge in [-0.05, 0) is 43.4 Å². The van der Waals surface area contributed by atoms with Gasteiger partial charge >= 0.3 is 5.97 Å². The summed E-state index contributed by atoms with van der Waals surface area (Å²) in [5.74, 6) is -1.27. The van der Waals surface area contributed by atoms with E-state index >= 15 is 0 Å². The van der Waals surface area contributed by atoms with Gasteiger partial charge < -0.3 is 21.3 Å². The zero-order valence-corrected chi connectivity index (χ0v) is 11.7. The molecular formula is C15H20N2O4. The van der Waals surface area contributed by atoms with E-state index in [0.717, 1.165) is 5.56 Å². The third-order valence-electron chi connectivity index (χ3n) is 3.86. The maximum atomic E-state index is 12.0. The molecule has 21 heavy (non-hydrogen) atoms. The fraction of sp³-hybridized carbons (Fsp3) is 0.467. The summed E-state index contributed by atoms with van der Waals surface area (Å²) in [5, 5.41) is 21.0. The number of hydrogen-bond donors (Lipinski definition) is 4. The summed E-state index contributed by atoms with van der Waals surface area (Å²) < 4.78 is 0. The van der Waals surface area contributed by atoms with Gasteiger partial charge in [0.1, 0.15) is 5.75 Å². The van der Waals surface area contributed by atoms with Crippen LogP contribution in [-0.4, -0.2) is 34.2 Å². The summed E-state index contributed by atoms with van der Waals surface area (Å²) in [7, 11) is 0. The molecule has 0 saturated heterocycles. The third-order valence-corrected chi connectivity index (χ3v) is 3.86. The Morgan fingerprint density at radius 1 is 1.29 bits per heavy atom. The number of rotatable bonds is 5. The van der Waals surface area contributed by atoms with Gasteiger partial charge in [-0.25, -0.2) is 0 Å². The second-order valence-electron chi connectivity index (χ2n) is 5.53. The highest BCUT2D eigenvalue weighted by atomic mass is 16.4. The number of aliphatic carboxylic acids is 1. The number of carboxylic acid groups (broad SMARTS) is 1. The molecule has 6 heteroatoms. The van der Waals surface area contributed by atoms with Gasteiger partial charge in [0.15, 0.2) is 0 Å². The van der Waals surface area contributed by atoms with E-state index in [9.17, 15) is 14.7 Å². The molecular weight excluding hydrogens is 272 g/mol. The van der Waals surface area contributed by atoms with E-state index in [1.807, 2.05) is 0 Å². The molecule has 1 amide bonds. The predicted octanol–water partition coefficient (Wildman–Crippen LogP) is 0.631. The molecule has 0 heterocycles. The van der Waals surface area contributed by atoms with Gasteiger partial charge in [-0.3, -0.25) is 9.59 Å². The van der Waals surface area contributed by atoms with Crippen LogP contribution in [0.15, 0.2) is 24.3 Å². The average molecular weight is 292 g/mol. The molecule has 0 aromatic heterocycles. The van der Waals surface area contributed by atoms with Crippen molar-refractivity contribution in [1.82, 2.24) is 5.32 Å². The minimum absolute atomic E-state index is 0.107. The number of nitrogens with one attached hydrogen (secondary N) is 1. The summed E-state index contributed by atoms with van der Waals surface area (Å²) in [4.78, 5) is 22.9. The zero-order chi connectivity index (χ0) is 15.4. The second kappa shape index (κ2) is 6.58. The first kappa shape index (κ1) is 15.3. The minimum atomic E-state index is -0.805. The van der Waals surface area contributed by atoms with Crippen LogP contribution in [0.3, 0.4) is 0 Å². The normalized spacial score (nSPS) is 22.7. The van der Waals surface area contributed by atoms with E-state index < -0.39 is 12.0 Å². The maximum Gasteiger partial charge on any atom is 0.306 e. The lowest BCUT2D eigenvalue weighted by Gasteiger charge is -2.17. The SMILES string of the molecule is N[C@@H](Cc1ccc(O)cc1)C(=O)NC1CCC(C(=O)O)C1. The number of benzene rings is 1. The van der Waals surface area contributed by atoms with Crippen molar-refractivity contribution in [3.8, 4) is 5.75 Å². The standard InChI is InChI=1S/C15H20N2O4/c16-13(7-9-1-5-12(18)6-2-9)14(19)17-11-4-3-10(8-11)15(20)21/h1-2,5-6,10-11,13,18H,3-4,7-8,16H2,(H,17,19)(H,20,21)/t10?,11?,13-/m0/s1. The summed E-state index contributed by atoms with van der Waals surface area (Å²) in [5.41, 5.74) is 6.73. The lowest BCUT2D eigenvalue weighted by Crippen LogP contribution is -2.45. The molecule has 0 radical (unpaired) electrons. The topological polar surface area (TPSA) is 113 Å². The number of phenols is 1. The Morgan fingerprint density at radius 2 is 1.95 bits per heavy atom. The first-order valence-electron chi connectivity index (χ1n) is 7.02. The fourth-order valence-electron chi connectivity index (χ4n) is 2.62. The number of nitrogens with two attached hydrogens (primary N) is 1. The van der Waals surface area contributed by atoms with E-state index in [4.69, 9.17) is 10.8 Å². The zero-order valence-electron chi connectivity index (χ0n) is 11.7. The van der Waals surface area contributed by atoms with Gasteiger partial charge in [0.2, 0.25) is 5.91 Å². The van der Waals surface area contributed by atoms with Gasteiger partial charge in [0, 0.05) is 6.04 Å². The highest BCUT2D eigenvalue weighted by molar-refractivity contribution is 5.82. The molecule has 2 unspecified atom stereocenters. The summed E-state index contributed by atoms with van der Waals surface area (Å²) >= 11 is 0. The van der Waals surface area contributed by atoms with E-state index in [-0.39, 0.29) is 23.6 Å². The number of carbonyl (C=O) groups excluding carboxylic acids is 1. The van der Waals surface area contributed by atoms with Crippen LogP contribution in [0, 0.1) is 5.92 Å². The number of hydrogen-bond acceptors (Lipinski definition) is 4. The van der Waals surface area contributed by atoms with Crippen LogP contribution in [0.1, 0.15) is 24.8 Å². The smallest absolute Gasteiger partial charge is 0.306 e. The van der Waals surface area contributed by atoms with E-state index in [0.29, 0.717) is 25.7 Å². The summed E-state index contributed by atoms with van der Waals surface area (Å²) in [6.45, 7) is 0. The Bertz CT molecular complexity index is 515. The molecule has 1 aromatic carbocycles. The molecule has 0 bridgehead atoms. The van der Waals surface area contributed by atoms with Crippen LogP contribution in [-0.2, 0) is 16.0 Å². The van der Waals surface area contributed by atoms with Crippen molar-refractivity contribution in [2.45, 2.75) is 37.8 Å². The van der Waals surface area contributed by atoms with Gasteiger partial charge in [-0.15, -0.1) is 0 Å². The van der Waals surface area contributed by atoms with Crippen LogP contribution in [0.4, 0.5) is 0 Å². The van der Waals surface area contributed by atoms with Crippen molar-refractivity contribution < 1.29 is 19.8 Å². The molecule has 1 saturated carbocycles. The number of phenolic OH excluding ortho intramolecular Hbond substituents is 1. The molecule has 2 rings (SSSR count). The molecule has 5 N–H and O–H groups in total. The Morgan fingerprint density at radius 3 is 2.52 bits per heavy atom. The first-order valence-corrected chi connectivity index (χ1v) is 7.02. The molecule has 1 aliphatic carbocycles.